The van der Waals surface area contributed by atoms with E-state index in [9.17, 15) is 14.4 Å². The molecule has 1 atom stereocenters. The van der Waals surface area contributed by atoms with Gasteiger partial charge in [-0.1, -0.05) is 0 Å². The Morgan fingerprint density at radius 3 is 2.50 bits per heavy atom. The molecular formula is C11H19N3O4. The average Bonchev–Trinajstić information content (AvgIpc) is 2.84. The van der Waals surface area contributed by atoms with Gasteiger partial charge in [-0.25, -0.2) is 0 Å². The van der Waals surface area contributed by atoms with Crippen LogP contribution >= 0.6 is 0 Å². The molecule has 0 saturated carbocycles. The number of aliphatic carboxylic acids is 1. The summed E-state index contributed by atoms with van der Waals surface area (Å²) in [4.78, 5) is 32.7. The van der Waals surface area contributed by atoms with Crippen LogP contribution in [-0.2, 0) is 14.4 Å². The van der Waals surface area contributed by atoms with Crippen molar-refractivity contribution in [2.75, 3.05) is 26.2 Å². The predicted molar refractivity (Wildman–Crippen MR) is 63.9 cm³/mol. The van der Waals surface area contributed by atoms with Crippen molar-refractivity contribution < 1.29 is 19.5 Å². The monoisotopic (exact) mass is 257 g/mol. The Balaban J connectivity index is 2.05. The first kappa shape index (κ1) is 14.4. The van der Waals surface area contributed by atoms with Crippen molar-refractivity contribution in [3.8, 4) is 0 Å². The van der Waals surface area contributed by atoms with Crippen molar-refractivity contribution >= 4 is 17.8 Å². The number of carbonyl (C=O) groups excluding carboxylic acids is 2. The van der Waals surface area contributed by atoms with E-state index in [0.29, 0.717) is 12.3 Å². The number of carboxylic acid groups (broad SMARTS) is 1. The Bertz CT molecular complexity index is 313. The molecule has 1 aliphatic rings. The Morgan fingerprint density at radius 1 is 1.17 bits per heavy atom. The first-order valence-electron chi connectivity index (χ1n) is 6.04. The van der Waals surface area contributed by atoms with Crippen molar-refractivity contribution in [1.82, 2.24) is 16.0 Å². The molecule has 1 saturated heterocycles. The third kappa shape index (κ3) is 6.19. The normalized spacial score (nSPS) is 18.3. The van der Waals surface area contributed by atoms with Crippen molar-refractivity contribution in [1.29, 1.82) is 0 Å². The maximum absolute atomic E-state index is 11.4. The molecule has 0 aromatic heterocycles. The van der Waals surface area contributed by atoms with Gasteiger partial charge in [-0.2, -0.15) is 0 Å². The Kier molecular flexibility index (Phi) is 6.13. The fourth-order valence-corrected chi connectivity index (χ4v) is 1.80. The molecule has 0 aliphatic carbocycles. The molecule has 1 aliphatic heterocycles. The molecule has 1 rings (SSSR count). The molecule has 4 N–H and O–H groups in total. The number of rotatable bonds is 7. The molecule has 0 bridgehead atoms. The summed E-state index contributed by atoms with van der Waals surface area (Å²) in [5.41, 5.74) is 0. The Morgan fingerprint density at radius 2 is 1.89 bits per heavy atom. The van der Waals surface area contributed by atoms with Crippen LogP contribution < -0.4 is 16.0 Å². The molecule has 102 valence electrons. The molecular weight excluding hydrogens is 238 g/mol. The molecule has 1 heterocycles. The van der Waals surface area contributed by atoms with E-state index in [1.165, 1.54) is 0 Å². The molecule has 7 nitrogen and oxygen atoms in total. The minimum absolute atomic E-state index is 0.172. The second-order valence-corrected chi connectivity index (χ2v) is 4.34. The second-order valence-electron chi connectivity index (χ2n) is 4.34. The lowest BCUT2D eigenvalue weighted by Gasteiger charge is -2.08. The van der Waals surface area contributed by atoms with E-state index >= 15 is 0 Å². The number of amides is 2. The zero-order chi connectivity index (χ0) is 13.4. The van der Waals surface area contributed by atoms with Crippen LogP contribution in [0.1, 0.15) is 19.3 Å². The lowest BCUT2D eigenvalue weighted by atomic mass is 10.0. The molecule has 0 spiro atoms. The summed E-state index contributed by atoms with van der Waals surface area (Å²) in [6.07, 6.45) is 2.31. The zero-order valence-electron chi connectivity index (χ0n) is 10.2. The van der Waals surface area contributed by atoms with Crippen LogP contribution in [0.15, 0.2) is 0 Å². The van der Waals surface area contributed by atoms with Crippen LogP contribution in [0.2, 0.25) is 0 Å². The van der Waals surface area contributed by atoms with Gasteiger partial charge in [0.25, 0.3) is 0 Å². The summed E-state index contributed by atoms with van der Waals surface area (Å²) in [6.45, 7) is 1.35. The van der Waals surface area contributed by atoms with E-state index in [0.717, 1.165) is 25.9 Å². The van der Waals surface area contributed by atoms with Crippen molar-refractivity contribution in [2.24, 2.45) is 5.92 Å². The number of hydrogen-bond donors (Lipinski definition) is 4. The molecule has 1 fully saturated rings. The van der Waals surface area contributed by atoms with Crippen LogP contribution in [-0.4, -0.2) is 49.1 Å². The highest BCUT2D eigenvalue weighted by Gasteiger charge is 2.15. The van der Waals surface area contributed by atoms with E-state index in [2.05, 4.69) is 16.0 Å². The minimum atomic E-state index is -1.11. The van der Waals surface area contributed by atoms with Gasteiger partial charge < -0.3 is 21.1 Å². The van der Waals surface area contributed by atoms with Crippen molar-refractivity contribution in [2.45, 2.75) is 19.3 Å². The molecule has 0 radical (unpaired) electrons. The Labute approximate surface area is 105 Å². The lowest BCUT2D eigenvalue weighted by molar-refractivity contribution is -0.137. The fraction of sp³-hybridized carbons (Fsp3) is 0.727. The molecule has 0 aromatic rings. The summed E-state index contributed by atoms with van der Waals surface area (Å²) >= 11 is 0. The molecule has 2 amide bonds. The third-order valence-electron chi connectivity index (χ3n) is 2.82. The quantitative estimate of drug-likeness (QED) is 0.453. The van der Waals surface area contributed by atoms with Gasteiger partial charge in [0.05, 0.1) is 6.54 Å². The van der Waals surface area contributed by atoms with E-state index in [4.69, 9.17) is 5.11 Å². The summed E-state index contributed by atoms with van der Waals surface area (Å²) < 4.78 is 0. The average molecular weight is 257 g/mol. The van der Waals surface area contributed by atoms with E-state index in [1.54, 1.807) is 0 Å². The maximum Gasteiger partial charge on any atom is 0.322 e. The summed E-state index contributed by atoms with van der Waals surface area (Å²) in [6, 6.07) is 0. The summed E-state index contributed by atoms with van der Waals surface area (Å²) in [5.74, 6) is -1.24. The fourth-order valence-electron chi connectivity index (χ4n) is 1.80. The standard InChI is InChI=1S/C11H19N3O4/c15-9(2-1-8-3-4-12-5-8)13-6-10(16)14-7-11(17)18/h8,12H,1-7H2,(H,13,15)(H,14,16)(H,17,18). The van der Waals surface area contributed by atoms with Crippen LogP contribution in [0.5, 0.6) is 0 Å². The SMILES string of the molecule is O=C(O)CNC(=O)CNC(=O)CCC1CCNC1. The molecule has 7 heteroatoms. The highest BCUT2D eigenvalue weighted by atomic mass is 16.4. The van der Waals surface area contributed by atoms with E-state index in [1.807, 2.05) is 0 Å². The van der Waals surface area contributed by atoms with Gasteiger partial charge in [-0.15, -0.1) is 0 Å². The van der Waals surface area contributed by atoms with Crippen molar-refractivity contribution in [3.63, 3.8) is 0 Å². The van der Waals surface area contributed by atoms with Crippen LogP contribution in [0, 0.1) is 5.92 Å². The lowest BCUT2D eigenvalue weighted by Crippen LogP contribution is -2.39. The van der Waals surface area contributed by atoms with Gasteiger partial charge in [0, 0.05) is 6.42 Å². The smallest absolute Gasteiger partial charge is 0.322 e. The second kappa shape index (κ2) is 7.65. The van der Waals surface area contributed by atoms with Crippen LogP contribution in [0.3, 0.4) is 0 Å². The van der Waals surface area contributed by atoms with Gasteiger partial charge in [0.1, 0.15) is 6.54 Å². The number of carboxylic acids is 1. The third-order valence-corrected chi connectivity index (χ3v) is 2.82. The summed E-state index contributed by atoms with van der Waals surface area (Å²) in [7, 11) is 0. The van der Waals surface area contributed by atoms with Gasteiger partial charge in [-0.3, -0.25) is 14.4 Å². The molecule has 18 heavy (non-hydrogen) atoms. The topological polar surface area (TPSA) is 108 Å². The number of nitrogens with one attached hydrogen (secondary N) is 3. The van der Waals surface area contributed by atoms with E-state index < -0.39 is 18.4 Å². The Hall–Kier alpha value is -1.63. The van der Waals surface area contributed by atoms with Gasteiger partial charge >= 0.3 is 5.97 Å². The number of hydrogen-bond acceptors (Lipinski definition) is 4. The van der Waals surface area contributed by atoms with E-state index in [-0.39, 0.29) is 12.5 Å². The predicted octanol–water partition coefficient (Wildman–Crippen LogP) is -1.31. The zero-order valence-corrected chi connectivity index (χ0v) is 10.2. The van der Waals surface area contributed by atoms with Crippen molar-refractivity contribution in [3.05, 3.63) is 0 Å². The van der Waals surface area contributed by atoms with Gasteiger partial charge in [0.2, 0.25) is 11.8 Å². The van der Waals surface area contributed by atoms with Crippen LogP contribution in [0.25, 0.3) is 0 Å². The van der Waals surface area contributed by atoms with Gasteiger partial charge in [-0.05, 0) is 31.8 Å². The molecule has 1 unspecified atom stereocenters. The highest BCUT2D eigenvalue weighted by molar-refractivity contribution is 5.86. The van der Waals surface area contributed by atoms with Gasteiger partial charge in [0.15, 0.2) is 0 Å². The van der Waals surface area contributed by atoms with Crippen LogP contribution in [0.4, 0.5) is 0 Å². The maximum atomic E-state index is 11.4. The first-order valence-corrected chi connectivity index (χ1v) is 6.04. The summed E-state index contributed by atoms with van der Waals surface area (Å²) in [5, 5.41) is 16.2. The largest absolute Gasteiger partial charge is 0.480 e. The first-order chi connectivity index (χ1) is 8.58. The highest BCUT2D eigenvalue weighted by Crippen LogP contribution is 2.13. The number of carbonyl (C=O) groups is 3. The molecule has 0 aromatic carbocycles. The minimum Gasteiger partial charge on any atom is -0.480 e.